The minimum atomic E-state index is -0.414. The van der Waals surface area contributed by atoms with Crippen molar-refractivity contribution >= 4 is 5.69 Å². The topological polar surface area (TPSA) is 76.2 Å². The summed E-state index contributed by atoms with van der Waals surface area (Å²) in [5.41, 5.74) is 1.77. The second kappa shape index (κ2) is 5.41. The Hall–Kier alpha value is -2.87. The summed E-state index contributed by atoms with van der Waals surface area (Å²) in [5, 5.41) is 19.7. The molecule has 0 fully saturated rings. The monoisotopic (exact) mass is 268 g/mol. The number of hydrogen-bond acceptors (Lipinski definition) is 4. The first-order chi connectivity index (χ1) is 9.51. The third kappa shape index (κ3) is 2.75. The number of aryl methyl sites for hydroxylation is 2. The van der Waals surface area contributed by atoms with E-state index < -0.39 is 4.92 Å². The Kier molecular flexibility index (Phi) is 3.67. The van der Waals surface area contributed by atoms with E-state index in [1.807, 2.05) is 6.07 Å². The van der Waals surface area contributed by atoms with Crippen LogP contribution in [0.1, 0.15) is 16.7 Å². The molecule has 20 heavy (non-hydrogen) atoms. The fraction of sp³-hybridized carbons (Fsp3) is 0.133. The van der Waals surface area contributed by atoms with Gasteiger partial charge in [0.25, 0.3) is 5.69 Å². The molecule has 0 spiro atoms. The molecule has 0 saturated carbocycles. The standard InChI is InChI=1S/C15H12N2O3/c1-10-7-15(11(2)6-14(10)17(18)19)20-13-5-3-4-12(8-13)9-16/h3-8H,1-2H3. The Morgan fingerprint density at radius 2 is 1.95 bits per heavy atom. The number of nitriles is 1. The van der Waals surface area contributed by atoms with Gasteiger partial charge in [0.15, 0.2) is 0 Å². The Morgan fingerprint density at radius 1 is 1.20 bits per heavy atom. The molecule has 2 rings (SSSR count). The largest absolute Gasteiger partial charge is 0.457 e. The van der Waals surface area contributed by atoms with Crippen LogP contribution < -0.4 is 4.74 Å². The van der Waals surface area contributed by atoms with E-state index in [-0.39, 0.29) is 5.69 Å². The van der Waals surface area contributed by atoms with Crippen LogP contribution in [0.3, 0.4) is 0 Å². The lowest BCUT2D eigenvalue weighted by Crippen LogP contribution is -1.95. The van der Waals surface area contributed by atoms with Gasteiger partial charge in [-0.05, 0) is 43.7 Å². The fourth-order valence-corrected chi connectivity index (χ4v) is 1.84. The lowest BCUT2D eigenvalue weighted by atomic mass is 10.1. The van der Waals surface area contributed by atoms with E-state index in [2.05, 4.69) is 0 Å². The first kappa shape index (κ1) is 13.6. The number of benzene rings is 2. The summed E-state index contributed by atoms with van der Waals surface area (Å²) < 4.78 is 5.69. The van der Waals surface area contributed by atoms with Crippen molar-refractivity contribution in [3.8, 4) is 17.6 Å². The number of nitrogens with zero attached hydrogens (tertiary/aromatic N) is 2. The van der Waals surface area contributed by atoms with Crippen molar-refractivity contribution in [1.82, 2.24) is 0 Å². The summed E-state index contributed by atoms with van der Waals surface area (Å²) >= 11 is 0. The summed E-state index contributed by atoms with van der Waals surface area (Å²) in [5.74, 6) is 1.07. The number of nitro groups is 1. The van der Waals surface area contributed by atoms with Gasteiger partial charge in [0.1, 0.15) is 11.5 Å². The van der Waals surface area contributed by atoms with Crippen LogP contribution >= 0.6 is 0 Å². The minimum absolute atomic E-state index is 0.0700. The lowest BCUT2D eigenvalue weighted by molar-refractivity contribution is -0.385. The van der Waals surface area contributed by atoms with Gasteiger partial charge in [-0.15, -0.1) is 0 Å². The highest BCUT2D eigenvalue weighted by Crippen LogP contribution is 2.31. The molecule has 0 N–H and O–H groups in total. The van der Waals surface area contributed by atoms with Gasteiger partial charge in [-0.1, -0.05) is 6.07 Å². The predicted molar refractivity (Wildman–Crippen MR) is 73.8 cm³/mol. The Labute approximate surface area is 116 Å². The quantitative estimate of drug-likeness (QED) is 0.625. The van der Waals surface area contributed by atoms with E-state index >= 15 is 0 Å². The molecule has 0 aliphatic carbocycles. The Balaban J connectivity index is 2.37. The summed E-state index contributed by atoms with van der Waals surface area (Å²) in [6.45, 7) is 3.41. The van der Waals surface area contributed by atoms with Crippen LogP contribution in [0.25, 0.3) is 0 Å². The van der Waals surface area contributed by atoms with Crippen LogP contribution in [0.5, 0.6) is 11.5 Å². The first-order valence-corrected chi connectivity index (χ1v) is 5.95. The summed E-state index contributed by atoms with van der Waals surface area (Å²) in [6.07, 6.45) is 0. The van der Waals surface area contributed by atoms with Crippen molar-refractivity contribution in [3.63, 3.8) is 0 Å². The molecular weight excluding hydrogens is 256 g/mol. The zero-order valence-corrected chi connectivity index (χ0v) is 11.1. The fourth-order valence-electron chi connectivity index (χ4n) is 1.84. The second-order valence-corrected chi connectivity index (χ2v) is 4.40. The SMILES string of the molecule is Cc1cc([N+](=O)[O-])c(C)cc1Oc1cccc(C#N)c1. The molecule has 0 amide bonds. The first-order valence-electron chi connectivity index (χ1n) is 5.95. The van der Waals surface area contributed by atoms with Crippen molar-refractivity contribution in [1.29, 1.82) is 5.26 Å². The van der Waals surface area contributed by atoms with E-state index in [1.54, 1.807) is 44.2 Å². The number of hydrogen-bond donors (Lipinski definition) is 0. The average molecular weight is 268 g/mol. The maximum atomic E-state index is 10.9. The van der Waals surface area contributed by atoms with Crippen molar-refractivity contribution in [2.45, 2.75) is 13.8 Å². The average Bonchev–Trinajstić information content (AvgIpc) is 2.42. The molecule has 100 valence electrons. The molecule has 0 saturated heterocycles. The van der Waals surface area contributed by atoms with Crippen molar-refractivity contribution in [2.75, 3.05) is 0 Å². The van der Waals surface area contributed by atoms with Crippen molar-refractivity contribution in [2.24, 2.45) is 0 Å². The highest BCUT2D eigenvalue weighted by Gasteiger charge is 2.14. The molecule has 0 aromatic heterocycles. The Morgan fingerprint density at radius 3 is 2.60 bits per heavy atom. The molecule has 0 unspecified atom stereocenters. The normalized spacial score (nSPS) is 9.85. The number of nitro benzene ring substituents is 1. The highest BCUT2D eigenvalue weighted by atomic mass is 16.6. The second-order valence-electron chi connectivity index (χ2n) is 4.40. The van der Waals surface area contributed by atoms with Crippen LogP contribution in [0.4, 0.5) is 5.69 Å². The van der Waals surface area contributed by atoms with Crippen molar-refractivity contribution < 1.29 is 9.66 Å². The van der Waals surface area contributed by atoms with Gasteiger partial charge >= 0.3 is 0 Å². The maximum absolute atomic E-state index is 10.9. The zero-order chi connectivity index (χ0) is 14.7. The van der Waals surface area contributed by atoms with E-state index in [1.165, 1.54) is 6.07 Å². The van der Waals surface area contributed by atoms with E-state index in [4.69, 9.17) is 10.00 Å². The van der Waals surface area contributed by atoms with Gasteiger partial charge in [-0.25, -0.2) is 0 Å². The molecule has 0 aliphatic rings. The van der Waals surface area contributed by atoms with E-state index in [0.717, 1.165) is 0 Å². The maximum Gasteiger partial charge on any atom is 0.272 e. The summed E-state index contributed by atoms with van der Waals surface area (Å²) in [6, 6.07) is 11.9. The van der Waals surface area contributed by atoms with E-state index in [0.29, 0.717) is 28.2 Å². The van der Waals surface area contributed by atoms with Crippen LogP contribution in [0.15, 0.2) is 36.4 Å². The van der Waals surface area contributed by atoms with Crippen LogP contribution in [0, 0.1) is 35.3 Å². The lowest BCUT2D eigenvalue weighted by Gasteiger charge is -2.10. The zero-order valence-electron chi connectivity index (χ0n) is 11.1. The van der Waals surface area contributed by atoms with Crippen LogP contribution in [-0.2, 0) is 0 Å². The molecule has 0 atom stereocenters. The minimum Gasteiger partial charge on any atom is -0.457 e. The van der Waals surface area contributed by atoms with Gasteiger partial charge in [0.2, 0.25) is 0 Å². The van der Waals surface area contributed by atoms with Gasteiger partial charge in [-0.2, -0.15) is 5.26 Å². The molecule has 0 aliphatic heterocycles. The van der Waals surface area contributed by atoms with Gasteiger partial charge in [0, 0.05) is 11.6 Å². The molecular formula is C15H12N2O3. The van der Waals surface area contributed by atoms with E-state index in [9.17, 15) is 10.1 Å². The van der Waals surface area contributed by atoms with Crippen LogP contribution in [-0.4, -0.2) is 4.92 Å². The highest BCUT2D eigenvalue weighted by molar-refractivity contribution is 5.51. The number of ether oxygens (including phenoxy) is 1. The van der Waals surface area contributed by atoms with Gasteiger partial charge < -0.3 is 4.74 Å². The molecule has 5 heteroatoms. The molecule has 2 aromatic carbocycles. The third-order valence-electron chi connectivity index (χ3n) is 2.88. The summed E-state index contributed by atoms with van der Waals surface area (Å²) in [7, 11) is 0. The molecule has 2 aromatic rings. The Bertz CT molecular complexity index is 718. The van der Waals surface area contributed by atoms with Crippen LogP contribution in [0.2, 0.25) is 0 Å². The predicted octanol–water partition coefficient (Wildman–Crippen LogP) is 3.88. The molecule has 5 nitrogen and oxygen atoms in total. The van der Waals surface area contributed by atoms with Gasteiger partial charge in [-0.3, -0.25) is 10.1 Å². The molecule has 0 radical (unpaired) electrons. The van der Waals surface area contributed by atoms with Gasteiger partial charge in [0.05, 0.1) is 16.6 Å². The number of rotatable bonds is 3. The summed E-state index contributed by atoms with van der Waals surface area (Å²) in [4.78, 5) is 10.4. The third-order valence-corrected chi connectivity index (χ3v) is 2.88. The molecule has 0 bridgehead atoms. The smallest absolute Gasteiger partial charge is 0.272 e. The molecule has 0 heterocycles. The van der Waals surface area contributed by atoms with Crippen molar-refractivity contribution in [3.05, 3.63) is 63.2 Å².